The Morgan fingerprint density at radius 2 is 1.41 bits per heavy atom. The van der Waals surface area contributed by atoms with Gasteiger partial charge >= 0.3 is 13.1 Å². The number of hydrogen-bond acceptors (Lipinski definition) is 6. The van der Waals surface area contributed by atoms with Crippen molar-refractivity contribution in [3.05, 3.63) is 0 Å². The van der Waals surface area contributed by atoms with Crippen LogP contribution >= 0.6 is 0 Å². The lowest BCUT2D eigenvalue weighted by Crippen LogP contribution is -2.34. The molecule has 1 fully saturated rings. The summed E-state index contributed by atoms with van der Waals surface area (Å²) >= 11 is 0. The van der Waals surface area contributed by atoms with Crippen molar-refractivity contribution < 1.29 is 19.6 Å². The fraction of sp³-hybridized carbons (Fsp3) is 0.950. The standard InChI is InChI=1S/C11H21NO2.C2H7BO2.3C2H6.CH5N/c1-12(2)8-9-6-4-5-7-10(9)11(13)14-3;1-2-3(4)5;4*1-2/h9-10H,4-8H2,1-3H3;4-5H,2H2,1H3;3*1-2H3;2H2,1H3. The number of esters is 1. The van der Waals surface area contributed by atoms with E-state index in [0.717, 1.165) is 19.4 Å². The van der Waals surface area contributed by atoms with Crippen molar-refractivity contribution >= 4 is 13.1 Å². The summed E-state index contributed by atoms with van der Waals surface area (Å²) in [5, 5.41) is 15.8. The van der Waals surface area contributed by atoms with Crippen LogP contribution in [0.25, 0.3) is 0 Å². The summed E-state index contributed by atoms with van der Waals surface area (Å²) in [6, 6.07) is 0. The van der Waals surface area contributed by atoms with E-state index in [1.54, 1.807) is 6.92 Å². The van der Waals surface area contributed by atoms with E-state index in [1.807, 2.05) is 41.5 Å². The van der Waals surface area contributed by atoms with Crippen LogP contribution in [0, 0.1) is 11.8 Å². The highest BCUT2D eigenvalue weighted by molar-refractivity contribution is 6.40. The van der Waals surface area contributed by atoms with Crippen molar-refractivity contribution in [2.45, 2.75) is 80.5 Å². The quantitative estimate of drug-likeness (QED) is 0.497. The minimum absolute atomic E-state index is 0.0171. The van der Waals surface area contributed by atoms with Crippen molar-refractivity contribution in [1.82, 2.24) is 4.90 Å². The molecule has 2 unspecified atom stereocenters. The van der Waals surface area contributed by atoms with E-state index in [2.05, 4.69) is 24.7 Å². The Morgan fingerprint density at radius 3 is 1.70 bits per heavy atom. The molecule has 0 aliphatic heterocycles. The van der Waals surface area contributed by atoms with Gasteiger partial charge < -0.3 is 25.4 Å². The van der Waals surface area contributed by atoms with Gasteiger partial charge in [0.2, 0.25) is 0 Å². The minimum atomic E-state index is -1.12. The van der Waals surface area contributed by atoms with Gasteiger partial charge in [0, 0.05) is 6.54 Å². The van der Waals surface area contributed by atoms with E-state index in [0.29, 0.717) is 12.2 Å². The molecule has 1 aliphatic carbocycles. The molecular formula is C20H51BN2O4. The summed E-state index contributed by atoms with van der Waals surface area (Å²) in [5.74, 6) is 0.610. The number of nitrogens with two attached hydrogens (primary N) is 1. The number of carbonyl (C=O) groups excluding carboxylic acids is 1. The molecule has 0 spiro atoms. The fourth-order valence-electron chi connectivity index (χ4n) is 2.36. The molecule has 168 valence electrons. The molecule has 6 nitrogen and oxygen atoms in total. The zero-order chi connectivity index (χ0) is 22.8. The average molecular weight is 394 g/mol. The number of nitrogens with zero attached hydrogens (tertiary/aromatic N) is 1. The van der Waals surface area contributed by atoms with Crippen LogP contribution in [0.5, 0.6) is 0 Å². The molecule has 1 aliphatic rings. The highest BCUT2D eigenvalue weighted by atomic mass is 16.5. The van der Waals surface area contributed by atoms with Crippen LogP contribution in [0.4, 0.5) is 0 Å². The summed E-state index contributed by atoms with van der Waals surface area (Å²) < 4.78 is 4.84. The fourth-order valence-corrected chi connectivity index (χ4v) is 2.36. The molecule has 4 N–H and O–H groups in total. The van der Waals surface area contributed by atoms with Gasteiger partial charge in [-0.3, -0.25) is 4.79 Å². The van der Waals surface area contributed by atoms with E-state index in [4.69, 9.17) is 14.8 Å². The zero-order valence-corrected chi connectivity index (χ0v) is 20.2. The van der Waals surface area contributed by atoms with Crippen LogP contribution < -0.4 is 5.73 Å². The lowest BCUT2D eigenvalue weighted by Gasteiger charge is -2.31. The summed E-state index contributed by atoms with van der Waals surface area (Å²) in [6.45, 7) is 14.7. The summed E-state index contributed by atoms with van der Waals surface area (Å²) in [5.41, 5.74) is 4.50. The molecule has 1 saturated carbocycles. The van der Waals surface area contributed by atoms with Gasteiger partial charge in [-0.2, -0.15) is 0 Å². The highest BCUT2D eigenvalue weighted by Gasteiger charge is 2.31. The van der Waals surface area contributed by atoms with Crippen molar-refractivity contribution in [1.29, 1.82) is 0 Å². The molecule has 2 atom stereocenters. The van der Waals surface area contributed by atoms with Crippen molar-refractivity contribution in [2.75, 3.05) is 34.8 Å². The third-order valence-electron chi connectivity index (χ3n) is 3.38. The van der Waals surface area contributed by atoms with E-state index in [1.165, 1.54) is 27.0 Å². The Morgan fingerprint density at radius 1 is 1.04 bits per heavy atom. The van der Waals surface area contributed by atoms with E-state index < -0.39 is 7.12 Å². The Kier molecular flexibility index (Phi) is 45.4. The third-order valence-corrected chi connectivity index (χ3v) is 3.38. The number of rotatable bonds is 4. The summed E-state index contributed by atoms with van der Waals surface area (Å²) in [4.78, 5) is 13.7. The molecule has 0 heterocycles. The Hall–Kier alpha value is -0.625. The second-order valence-corrected chi connectivity index (χ2v) is 5.33. The molecule has 0 bridgehead atoms. The van der Waals surface area contributed by atoms with Gasteiger partial charge in [-0.15, -0.1) is 0 Å². The minimum Gasteiger partial charge on any atom is -0.469 e. The molecule has 0 saturated heterocycles. The molecule has 27 heavy (non-hydrogen) atoms. The molecule has 0 amide bonds. The van der Waals surface area contributed by atoms with Gasteiger partial charge in [0.25, 0.3) is 0 Å². The van der Waals surface area contributed by atoms with Crippen LogP contribution in [0.2, 0.25) is 6.32 Å². The van der Waals surface area contributed by atoms with Gasteiger partial charge in [0.1, 0.15) is 0 Å². The zero-order valence-electron chi connectivity index (χ0n) is 20.2. The van der Waals surface area contributed by atoms with Crippen molar-refractivity contribution in [3.63, 3.8) is 0 Å². The van der Waals surface area contributed by atoms with Crippen molar-refractivity contribution in [3.8, 4) is 0 Å². The molecule has 0 aromatic heterocycles. The first kappa shape index (κ1) is 37.2. The number of methoxy groups -OCH3 is 1. The number of ether oxygens (including phenoxy) is 1. The Bertz CT molecular complexity index is 256. The molecule has 1 rings (SSSR count). The largest absolute Gasteiger partial charge is 0.469 e. The molecule has 0 radical (unpaired) electrons. The maximum absolute atomic E-state index is 11.5. The number of hydrogen-bond donors (Lipinski definition) is 3. The maximum atomic E-state index is 11.5. The molecule has 0 aromatic rings. The molecule has 0 aromatic carbocycles. The normalized spacial score (nSPS) is 16.7. The van der Waals surface area contributed by atoms with E-state index in [-0.39, 0.29) is 11.9 Å². The summed E-state index contributed by atoms with van der Waals surface area (Å²) in [6.07, 6.45) is 5.01. The van der Waals surface area contributed by atoms with Gasteiger partial charge in [-0.1, -0.05) is 61.3 Å². The highest BCUT2D eigenvalue weighted by Crippen LogP contribution is 2.31. The first-order valence-corrected chi connectivity index (χ1v) is 10.6. The lowest BCUT2D eigenvalue weighted by molar-refractivity contribution is -0.148. The Balaban J connectivity index is -0.000000104. The van der Waals surface area contributed by atoms with Crippen LogP contribution in [0.1, 0.15) is 74.1 Å². The van der Waals surface area contributed by atoms with E-state index >= 15 is 0 Å². The monoisotopic (exact) mass is 394 g/mol. The lowest BCUT2D eigenvalue weighted by atomic mass is 9.79. The first-order chi connectivity index (χ1) is 12.9. The maximum Gasteiger partial charge on any atom is 0.451 e. The van der Waals surface area contributed by atoms with Crippen molar-refractivity contribution in [2.24, 2.45) is 17.6 Å². The average Bonchev–Trinajstić information content (AvgIpc) is 2.73. The first-order valence-electron chi connectivity index (χ1n) is 10.6. The Labute approximate surface area is 171 Å². The van der Waals surface area contributed by atoms with E-state index in [9.17, 15) is 4.79 Å². The second kappa shape index (κ2) is 33.0. The SMILES string of the molecule is CC.CC.CC.CCB(O)O.CN.COC(=O)C1CCCCC1CN(C)C. The summed E-state index contributed by atoms with van der Waals surface area (Å²) in [7, 11) is 5.99. The van der Waals surface area contributed by atoms with Crippen LogP contribution in [0.15, 0.2) is 0 Å². The topological polar surface area (TPSA) is 96.0 Å². The van der Waals surface area contributed by atoms with Gasteiger partial charge in [0.15, 0.2) is 0 Å². The van der Waals surface area contributed by atoms with Gasteiger partial charge in [0.05, 0.1) is 13.0 Å². The number of carbonyl (C=O) groups is 1. The predicted molar refractivity (Wildman–Crippen MR) is 121 cm³/mol. The smallest absolute Gasteiger partial charge is 0.451 e. The molecule has 7 heteroatoms. The van der Waals surface area contributed by atoms with Crippen LogP contribution in [0.3, 0.4) is 0 Å². The molecular weight excluding hydrogens is 343 g/mol. The third kappa shape index (κ3) is 27.7. The predicted octanol–water partition coefficient (Wildman–Crippen LogP) is 3.66. The van der Waals surface area contributed by atoms with Gasteiger partial charge in [-0.05, 0) is 46.2 Å². The van der Waals surface area contributed by atoms with Crippen LogP contribution in [-0.4, -0.2) is 62.8 Å². The second-order valence-electron chi connectivity index (χ2n) is 5.33. The van der Waals surface area contributed by atoms with Gasteiger partial charge in [-0.25, -0.2) is 0 Å². The van der Waals surface area contributed by atoms with Crippen LogP contribution in [-0.2, 0) is 9.53 Å².